The van der Waals surface area contributed by atoms with Gasteiger partial charge in [0.05, 0.1) is 0 Å². The van der Waals surface area contributed by atoms with Crippen molar-refractivity contribution in [2.24, 2.45) is 0 Å². The first-order valence-electron chi connectivity index (χ1n) is 9.22. The van der Waals surface area contributed by atoms with Crippen molar-refractivity contribution < 1.29 is 38.5 Å². The van der Waals surface area contributed by atoms with Crippen LogP contribution in [0.25, 0.3) is 0 Å². The molecule has 0 amide bonds. The van der Waals surface area contributed by atoms with Gasteiger partial charge in [-0.25, -0.2) is 9.13 Å². The predicted octanol–water partition coefficient (Wildman–Crippen LogP) is 7.91. The Morgan fingerprint density at radius 1 is 0.367 bits per heavy atom. The van der Waals surface area contributed by atoms with Gasteiger partial charge in [-0.3, -0.25) is 0 Å². The quantitative estimate of drug-likeness (QED) is 0.216. The van der Waals surface area contributed by atoms with Crippen LogP contribution >= 0.6 is 15.6 Å². The third-order valence-corrected chi connectivity index (χ3v) is 2.00. The molecule has 6 N–H and O–H groups in total. The number of hydrogen-bond acceptors (Lipinski definition) is 2. The van der Waals surface area contributed by atoms with E-state index in [1.54, 1.807) is 0 Å². The lowest BCUT2D eigenvalue weighted by Gasteiger charge is -1.82. The van der Waals surface area contributed by atoms with Gasteiger partial charge in [0.25, 0.3) is 0 Å². The van der Waals surface area contributed by atoms with Crippen LogP contribution in [0.5, 0.6) is 0 Å². The molecule has 0 heterocycles. The van der Waals surface area contributed by atoms with Crippen LogP contribution in [0.4, 0.5) is 0 Å². The summed E-state index contributed by atoms with van der Waals surface area (Å²) in [6, 6.07) is 0. The summed E-state index contributed by atoms with van der Waals surface area (Å²) in [6.07, 6.45) is 10.6. The largest absolute Gasteiger partial charge is 0.466 e. The fraction of sp³-hybridized carbons (Fsp3) is 1.00. The lowest BCUT2D eigenvalue weighted by Crippen LogP contribution is -1.66. The molecule has 0 aromatic carbocycles. The van der Waals surface area contributed by atoms with Crippen molar-refractivity contribution in [1.29, 1.82) is 0 Å². The number of phosphoric acid groups is 2. The molecule has 0 aliphatic heterocycles. The van der Waals surface area contributed by atoms with Crippen LogP contribution in [0.1, 0.15) is 136 Å². The van der Waals surface area contributed by atoms with Crippen LogP contribution in [0.2, 0.25) is 0 Å². The molecule has 30 heavy (non-hydrogen) atoms. The van der Waals surface area contributed by atoms with E-state index in [0.717, 1.165) is 0 Å². The molecule has 200 valence electrons. The molecule has 0 bridgehead atoms. The minimum Gasteiger partial charge on any atom is -0.303 e. The van der Waals surface area contributed by atoms with Gasteiger partial charge in [0.2, 0.25) is 0 Å². The number of hydrogen-bond donors (Lipinski definition) is 6. The van der Waals surface area contributed by atoms with Crippen LogP contribution in [-0.2, 0) is 9.13 Å². The summed E-state index contributed by atoms with van der Waals surface area (Å²) >= 11 is 0. The maximum Gasteiger partial charge on any atom is 0.466 e. The highest BCUT2D eigenvalue weighted by atomic mass is 31.2. The smallest absolute Gasteiger partial charge is 0.303 e. The van der Waals surface area contributed by atoms with Gasteiger partial charge in [0, 0.05) is 0 Å². The molecule has 0 aromatic rings. The highest BCUT2D eigenvalue weighted by Gasteiger charge is 2.00. The van der Waals surface area contributed by atoms with Crippen LogP contribution in [0.15, 0.2) is 0 Å². The molecule has 0 aromatic heterocycles. The number of unbranched alkanes of at least 4 members (excludes halogenated alkanes) is 4. The Morgan fingerprint density at radius 3 is 0.400 bits per heavy atom. The van der Waals surface area contributed by atoms with Crippen LogP contribution < -0.4 is 0 Å². The highest BCUT2D eigenvalue weighted by molar-refractivity contribution is 7.45. The zero-order valence-electron chi connectivity index (χ0n) is 18.1. The van der Waals surface area contributed by atoms with Gasteiger partial charge in [-0.2, -0.15) is 0 Å². The van der Waals surface area contributed by atoms with E-state index in [2.05, 4.69) is 55.4 Å². The second-order valence-electron chi connectivity index (χ2n) is 5.03. The van der Waals surface area contributed by atoms with E-state index >= 15 is 0 Å². The van der Waals surface area contributed by atoms with E-state index in [-0.39, 0.29) is 29.7 Å². The van der Waals surface area contributed by atoms with Crippen molar-refractivity contribution >= 4 is 15.6 Å². The molecule has 0 saturated carbocycles. The second kappa shape index (κ2) is 56.9. The predicted molar refractivity (Wildman–Crippen MR) is 138 cm³/mol. The van der Waals surface area contributed by atoms with Gasteiger partial charge < -0.3 is 29.4 Å². The second-order valence-corrected chi connectivity index (χ2v) is 7.08. The van der Waals surface area contributed by atoms with Gasteiger partial charge in [-0.1, -0.05) is 136 Å². The van der Waals surface area contributed by atoms with E-state index in [4.69, 9.17) is 38.5 Å². The summed E-state index contributed by atoms with van der Waals surface area (Å²) in [4.78, 5) is 43.1. The van der Waals surface area contributed by atoms with Crippen LogP contribution in [0.3, 0.4) is 0 Å². The molecular formula is C20H62O8P2. The topological polar surface area (TPSA) is 156 Å². The Labute approximate surface area is 191 Å². The normalized spacial score (nSPS) is 7.93. The standard InChI is InChI=1S/4C4H10.4CH4.2H3O4P/c4*1-3-4-2;;;;;2*1-5(2,3)4/h4*3-4H2,1-2H3;4*1H4;2*(H3,1,2,3,4). The first-order chi connectivity index (χ1) is 11.7. The summed E-state index contributed by atoms with van der Waals surface area (Å²) in [5, 5.41) is 0. The molecule has 0 saturated heterocycles. The average molecular weight is 493 g/mol. The molecule has 0 aliphatic rings. The molecule has 0 unspecified atom stereocenters. The van der Waals surface area contributed by atoms with E-state index in [9.17, 15) is 0 Å². The van der Waals surface area contributed by atoms with Gasteiger partial charge in [-0.15, -0.1) is 0 Å². The van der Waals surface area contributed by atoms with E-state index in [1.807, 2.05) is 0 Å². The van der Waals surface area contributed by atoms with E-state index < -0.39 is 15.6 Å². The summed E-state index contributed by atoms with van der Waals surface area (Å²) in [5.41, 5.74) is 0. The lowest BCUT2D eigenvalue weighted by molar-refractivity contribution is 0.272. The molecule has 0 fully saturated rings. The third-order valence-electron chi connectivity index (χ3n) is 2.00. The van der Waals surface area contributed by atoms with Crippen molar-refractivity contribution in [3.8, 4) is 0 Å². The van der Waals surface area contributed by atoms with Crippen molar-refractivity contribution in [3.05, 3.63) is 0 Å². The Kier molecular flexibility index (Phi) is 120. The monoisotopic (exact) mass is 492 g/mol. The van der Waals surface area contributed by atoms with Crippen LogP contribution in [0, 0.1) is 0 Å². The van der Waals surface area contributed by atoms with Crippen LogP contribution in [-0.4, -0.2) is 29.4 Å². The van der Waals surface area contributed by atoms with Crippen molar-refractivity contribution in [2.75, 3.05) is 0 Å². The van der Waals surface area contributed by atoms with E-state index in [0.29, 0.717) is 0 Å². The molecule has 8 nitrogen and oxygen atoms in total. The van der Waals surface area contributed by atoms with Gasteiger partial charge in [-0.05, 0) is 0 Å². The summed E-state index contributed by atoms with van der Waals surface area (Å²) in [7, 11) is -9.28. The van der Waals surface area contributed by atoms with Crippen molar-refractivity contribution in [3.63, 3.8) is 0 Å². The Morgan fingerprint density at radius 2 is 0.400 bits per heavy atom. The molecule has 10 heteroatoms. The van der Waals surface area contributed by atoms with Gasteiger partial charge in [0.15, 0.2) is 0 Å². The first-order valence-corrected chi connectivity index (χ1v) is 12.4. The summed E-state index contributed by atoms with van der Waals surface area (Å²) in [5.74, 6) is 0. The average Bonchev–Trinajstić information content (AvgIpc) is 2.52. The highest BCUT2D eigenvalue weighted by Crippen LogP contribution is 2.26. The summed E-state index contributed by atoms with van der Waals surface area (Å²) < 4.78 is 17.8. The van der Waals surface area contributed by atoms with Crippen molar-refractivity contribution in [1.82, 2.24) is 0 Å². The lowest BCUT2D eigenvalue weighted by atomic mass is 10.4. The molecular weight excluding hydrogens is 430 g/mol. The zero-order chi connectivity index (χ0) is 22.7. The fourth-order valence-corrected chi connectivity index (χ4v) is 0. The summed E-state index contributed by atoms with van der Waals surface area (Å²) in [6.45, 7) is 17.4. The Balaban J connectivity index is -0.0000000195. The molecule has 0 aliphatic carbocycles. The minimum atomic E-state index is -4.64. The third kappa shape index (κ3) is 1170. The maximum atomic E-state index is 8.88. The van der Waals surface area contributed by atoms with E-state index in [1.165, 1.54) is 51.4 Å². The van der Waals surface area contributed by atoms with Gasteiger partial charge >= 0.3 is 15.6 Å². The zero-order valence-corrected chi connectivity index (χ0v) is 19.8. The Hall–Kier alpha value is 0.220. The molecule has 0 spiro atoms. The van der Waals surface area contributed by atoms with Gasteiger partial charge in [0.1, 0.15) is 0 Å². The SMILES string of the molecule is C.C.C.C.CCCC.CCCC.CCCC.CCCC.O=P(O)(O)O.O=P(O)(O)O. The Bertz CT molecular complexity index is 219. The molecule has 0 rings (SSSR count). The van der Waals surface area contributed by atoms with Crippen molar-refractivity contribution in [2.45, 2.75) is 136 Å². The molecule has 0 atom stereocenters. The molecule has 0 radical (unpaired) electrons. The minimum absolute atomic E-state index is 0. The maximum absolute atomic E-state index is 8.88. The first kappa shape index (κ1) is 63.1. The number of rotatable bonds is 4. The fourth-order valence-electron chi connectivity index (χ4n) is 0.